The molecule has 1 rings (SSSR count). The average Bonchev–Trinajstić information content (AvgIpc) is 2.55. The molecule has 1 aromatic rings. The monoisotopic (exact) mass is 308 g/mol. The van der Waals surface area contributed by atoms with Gasteiger partial charge in [-0.15, -0.1) is 0 Å². The van der Waals surface area contributed by atoms with Gasteiger partial charge in [-0.2, -0.15) is 0 Å². The molecule has 0 aliphatic heterocycles. The molecular weight excluding hydrogens is 284 g/mol. The van der Waals surface area contributed by atoms with Gasteiger partial charge in [-0.1, -0.05) is 12.1 Å². The normalized spacial score (nSPS) is 10.7. The molecule has 6 nitrogen and oxygen atoms in total. The van der Waals surface area contributed by atoms with E-state index in [1.807, 2.05) is 30.3 Å². The minimum Gasteiger partial charge on any atom is -0.497 e. The Hall–Kier alpha value is -2.05. The van der Waals surface area contributed by atoms with Crippen LogP contribution in [0.1, 0.15) is 5.56 Å². The fourth-order valence-corrected chi connectivity index (χ4v) is 1.73. The van der Waals surface area contributed by atoms with Crippen molar-refractivity contribution in [1.29, 1.82) is 0 Å². The molecule has 0 heterocycles. The second-order valence-electron chi connectivity index (χ2n) is 4.53. The van der Waals surface area contributed by atoms with Crippen molar-refractivity contribution in [3.05, 3.63) is 36.0 Å². The van der Waals surface area contributed by atoms with E-state index in [4.69, 9.17) is 14.2 Å². The number of rotatable bonds is 9. The molecule has 0 radical (unpaired) electrons. The van der Waals surface area contributed by atoms with Crippen molar-refractivity contribution in [1.82, 2.24) is 10.2 Å². The summed E-state index contributed by atoms with van der Waals surface area (Å²) in [5.74, 6) is 0.798. The van der Waals surface area contributed by atoms with Gasteiger partial charge in [0.2, 0.25) is 0 Å². The third kappa shape index (κ3) is 6.60. The van der Waals surface area contributed by atoms with Gasteiger partial charge in [0.1, 0.15) is 5.75 Å². The quantitative estimate of drug-likeness (QED) is 0.758. The topological polar surface area (TPSA) is 60.0 Å². The molecule has 1 N–H and O–H groups in total. The molecule has 1 aromatic carbocycles. The van der Waals surface area contributed by atoms with Crippen molar-refractivity contribution in [3.63, 3.8) is 0 Å². The molecule has 0 saturated heterocycles. The van der Waals surface area contributed by atoms with Gasteiger partial charge >= 0.3 is 6.03 Å². The lowest BCUT2D eigenvalue weighted by Crippen LogP contribution is -2.41. The summed E-state index contributed by atoms with van der Waals surface area (Å²) >= 11 is 0. The van der Waals surface area contributed by atoms with E-state index in [1.165, 1.54) is 0 Å². The smallest absolute Gasteiger partial charge is 0.321 e. The zero-order chi connectivity index (χ0) is 16.2. The SMILES string of the molecule is COCCN(CCOC)C(=O)N/C=C/c1ccc(OC)cc1. The molecule has 0 aliphatic carbocycles. The third-order valence-electron chi connectivity index (χ3n) is 3.02. The second kappa shape index (κ2) is 10.6. The number of urea groups is 1. The van der Waals surface area contributed by atoms with Gasteiger partial charge in [-0.3, -0.25) is 0 Å². The predicted octanol–water partition coefficient (Wildman–Crippen LogP) is 1.97. The standard InChI is InChI=1S/C16H24N2O4/c1-20-12-10-18(11-13-21-2)16(19)17-9-8-14-4-6-15(22-3)7-5-14/h4-9H,10-13H2,1-3H3,(H,17,19)/b9-8+. The lowest BCUT2D eigenvalue weighted by atomic mass is 10.2. The Labute approximate surface area is 131 Å². The number of carbonyl (C=O) groups excluding carboxylic acids is 1. The Morgan fingerprint density at radius 2 is 1.68 bits per heavy atom. The third-order valence-corrected chi connectivity index (χ3v) is 3.02. The first-order chi connectivity index (χ1) is 10.7. The van der Waals surface area contributed by atoms with Crippen LogP contribution in [0.2, 0.25) is 0 Å². The van der Waals surface area contributed by atoms with Gasteiger partial charge in [-0.25, -0.2) is 4.79 Å². The molecule has 122 valence electrons. The molecule has 0 spiro atoms. The maximum atomic E-state index is 12.1. The van der Waals surface area contributed by atoms with E-state index < -0.39 is 0 Å². The van der Waals surface area contributed by atoms with Gasteiger partial charge in [0.05, 0.1) is 20.3 Å². The molecule has 6 heteroatoms. The maximum Gasteiger partial charge on any atom is 0.321 e. The minimum absolute atomic E-state index is 0.182. The molecule has 0 bridgehead atoms. The number of nitrogens with one attached hydrogen (secondary N) is 1. The van der Waals surface area contributed by atoms with Crippen LogP contribution in [0, 0.1) is 0 Å². The Bertz CT molecular complexity index is 452. The van der Waals surface area contributed by atoms with Gasteiger partial charge < -0.3 is 24.4 Å². The Balaban J connectivity index is 2.50. The number of carbonyl (C=O) groups is 1. The van der Waals surface area contributed by atoms with Crippen LogP contribution in [0.4, 0.5) is 4.79 Å². The van der Waals surface area contributed by atoms with Crippen molar-refractivity contribution in [2.45, 2.75) is 0 Å². The molecule has 0 atom stereocenters. The highest BCUT2D eigenvalue weighted by Crippen LogP contribution is 2.11. The van der Waals surface area contributed by atoms with Crippen LogP contribution in [-0.4, -0.2) is 58.6 Å². The highest BCUT2D eigenvalue weighted by atomic mass is 16.5. The molecular formula is C16H24N2O4. The molecule has 0 fully saturated rings. The van der Waals surface area contributed by atoms with Crippen LogP contribution >= 0.6 is 0 Å². The van der Waals surface area contributed by atoms with Gasteiger partial charge in [-0.05, 0) is 23.8 Å². The Morgan fingerprint density at radius 1 is 1.09 bits per heavy atom. The number of amides is 2. The summed E-state index contributed by atoms with van der Waals surface area (Å²) in [6.45, 7) is 2.00. The summed E-state index contributed by atoms with van der Waals surface area (Å²) in [5, 5.41) is 2.74. The van der Waals surface area contributed by atoms with E-state index in [0.29, 0.717) is 26.3 Å². The summed E-state index contributed by atoms with van der Waals surface area (Å²) in [4.78, 5) is 13.7. The zero-order valence-electron chi connectivity index (χ0n) is 13.4. The molecule has 2 amide bonds. The summed E-state index contributed by atoms with van der Waals surface area (Å²) < 4.78 is 15.1. The second-order valence-corrected chi connectivity index (χ2v) is 4.53. The molecule has 0 aliphatic rings. The lowest BCUT2D eigenvalue weighted by molar-refractivity contribution is 0.124. The van der Waals surface area contributed by atoms with E-state index in [1.54, 1.807) is 32.4 Å². The lowest BCUT2D eigenvalue weighted by Gasteiger charge is -2.21. The average molecular weight is 308 g/mol. The van der Waals surface area contributed by atoms with E-state index in [0.717, 1.165) is 11.3 Å². The van der Waals surface area contributed by atoms with Crippen LogP contribution in [0.15, 0.2) is 30.5 Å². The first-order valence-electron chi connectivity index (χ1n) is 7.05. The van der Waals surface area contributed by atoms with Crippen LogP contribution in [-0.2, 0) is 9.47 Å². The Morgan fingerprint density at radius 3 is 2.18 bits per heavy atom. The van der Waals surface area contributed by atoms with Crippen molar-refractivity contribution in [3.8, 4) is 5.75 Å². The summed E-state index contributed by atoms with van der Waals surface area (Å²) in [6, 6.07) is 7.37. The summed E-state index contributed by atoms with van der Waals surface area (Å²) in [5.41, 5.74) is 0.974. The van der Waals surface area contributed by atoms with Crippen LogP contribution < -0.4 is 10.1 Å². The largest absolute Gasteiger partial charge is 0.497 e. The van der Waals surface area contributed by atoms with Gasteiger partial charge in [0, 0.05) is 33.5 Å². The summed E-state index contributed by atoms with van der Waals surface area (Å²) in [7, 11) is 4.84. The fraction of sp³-hybridized carbons (Fsp3) is 0.438. The van der Waals surface area contributed by atoms with E-state index in [-0.39, 0.29) is 6.03 Å². The number of benzene rings is 1. The van der Waals surface area contributed by atoms with E-state index >= 15 is 0 Å². The number of methoxy groups -OCH3 is 3. The van der Waals surface area contributed by atoms with Crippen molar-refractivity contribution in [2.75, 3.05) is 47.6 Å². The van der Waals surface area contributed by atoms with E-state index in [2.05, 4.69) is 5.32 Å². The minimum atomic E-state index is -0.182. The maximum absolute atomic E-state index is 12.1. The number of hydrogen-bond donors (Lipinski definition) is 1. The zero-order valence-corrected chi connectivity index (χ0v) is 13.4. The molecule has 0 saturated carbocycles. The van der Waals surface area contributed by atoms with Crippen molar-refractivity contribution >= 4 is 12.1 Å². The van der Waals surface area contributed by atoms with Crippen LogP contribution in [0.3, 0.4) is 0 Å². The van der Waals surface area contributed by atoms with Gasteiger partial charge in [0.25, 0.3) is 0 Å². The highest BCUT2D eigenvalue weighted by Gasteiger charge is 2.10. The van der Waals surface area contributed by atoms with E-state index in [9.17, 15) is 4.79 Å². The Kier molecular flexibility index (Phi) is 8.71. The number of nitrogens with zero attached hydrogens (tertiary/aromatic N) is 1. The van der Waals surface area contributed by atoms with Crippen molar-refractivity contribution < 1.29 is 19.0 Å². The fourth-order valence-electron chi connectivity index (χ4n) is 1.73. The summed E-state index contributed by atoms with van der Waals surface area (Å²) in [6.07, 6.45) is 3.44. The van der Waals surface area contributed by atoms with Gasteiger partial charge in [0.15, 0.2) is 0 Å². The number of hydrogen-bond acceptors (Lipinski definition) is 4. The first-order valence-corrected chi connectivity index (χ1v) is 7.05. The number of ether oxygens (including phenoxy) is 3. The van der Waals surface area contributed by atoms with Crippen LogP contribution in [0.25, 0.3) is 6.08 Å². The van der Waals surface area contributed by atoms with Crippen LogP contribution in [0.5, 0.6) is 5.75 Å². The highest BCUT2D eigenvalue weighted by molar-refractivity contribution is 5.76. The van der Waals surface area contributed by atoms with Crippen molar-refractivity contribution in [2.24, 2.45) is 0 Å². The molecule has 0 aromatic heterocycles. The first kappa shape index (κ1) is 18.0. The molecule has 22 heavy (non-hydrogen) atoms. The molecule has 0 unspecified atom stereocenters. The predicted molar refractivity (Wildman–Crippen MR) is 85.9 cm³/mol.